The lowest BCUT2D eigenvalue weighted by atomic mass is 10.1. The minimum Gasteiger partial charge on any atom is -0.390 e. The summed E-state index contributed by atoms with van der Waals surface area (Å²) in [5, 5.41) is 11.9. The third-order valence-electron chi connectivity index (χ3n) is 5.94. The Morgan fingerprint density at radius 1 is 1.00 bits per heavy atom. The van der Waals surface area contributed by atoms with Gasteiger partial charge in [-0.1, -0.05) is 47.0 Å². The fraction of sp³-hybridized carbons (Fsp3) is 0.346. The number of aliphatic hydroxyl groups is 1. The lowest BCUT2D eigenvalue weighted by Crippen LogP contribution is -2.35. The van der Waals surface area contributed by atoms with Crippen LogP contribution in [0.3, 0.4) is 0 Å². The number of fused-ring (bicyclic) bond motifs is 1. The van der Waals surface area contributed by atoms with Crippen molar-refractivity contribution in [2.24, 2.45) is 0 Å². The number of para-hydroxylation sites is 1. The minimum atomic E-state index is -0.421. The number of ketones is 1. The second-order valence-electron chi connectivity index (χ2n) is 8.33. The number of hydrogen-bond acceptors (Lipinski definition) is 3. The first-order chi connectivity index (χ1) is 15.1. The molecular formula is C26H29BrN2O2. The Hall–Kier alpha value is -2.21. The number of nitrogens with zero attached hydrogens (tertiary/aromatic N) is 2. The van der Waals surface area contributed by atoms with Gasteiger partial charge in [0.2, 0.25) is 0 Å². The fourth-order valence-electron chi connectivity index (χ4n) is 4.34. The van der Waals surface area contributed by atoms with E-state index in [1.807, 2.05) is 48.7 Å². The monoisotopic (exact) mass is 480 g/mol. The molecule has 1 aromatic heterocycles. The molecule has 0 spiro atoms. The van der Waals surface area contributed by atoms with Crippen molar-refractivity contribution < 1.29 is 9.90 Å². The fourth-order valence-corrected chi connectivity index (χ4v) is 4.60. The highest BCUT2D eigenvalue weighted by Crippen LogP contribution is 2.23. The van der Waals surface area contributed by atoms with E-state index in [0.29, 0.717) is 18.7 Å². The SMILES string of the molecule is O=C(C=Cc1cn(CC(O)CN2CCCCCC2)c2ccccc12)c1ccc(Br)cc1. The van der Waals surface area contributed by atoms with Crippen LogP contribution in [0.2, 0.25) is 0 Å². The Kier molecular flexibility index (Phi) is 7.38. The molecule has 31 heavy (non-hydrogen) atoms. The van der Waals surface area contributed by atoms with Crippen molar-refractivity contribution in [1.29, 1.82) is 0 Å². The molecule has 1 fully saturated rings. The van der Waals surface area contributed by atoms with Crippen LogP contribution in [-0.2, 0) is 6.54 Å². The van der Waals surface area contributed by atoms with Crippen LogP contribution in [0, 0.1) is 0 Å². The summed E-state index contributed by atoms with van der Waals surface area (Å²) in [6, 6.07) is 15.5. The highest BCUT2D eigenvalue weighted by molar-refractivity contribution is 9.10. The highest BCUT2D eigenvalue weighted by Gasteiger charge is 2.16. The van der Waals surface area contributed by atoms with Gasteiger partial charge in [0.25, 0.3) is 0 Å². The molecule has 1 saturated heterocycles. The Morgan fingerprint density at radius 2 is 1.71 bits per heavy atom. The van der Waals surface area contributed by atoms with E-state index in [2.05, 4.69) is 37.5 Å². The van der Waals surface area contributed by atoms with Crippen molar-refractivity contribution in [2.45, 2.75) is 38.3 Å². The quantitative estimate of drug-likeness (QED) is 0.356. The summed E-state index contributed by atoms with van der Waals surface area (Å²) in [7, 11) is 0. The molecule has 5 heteroatoms. The third kappa shape index (κ3) is 5.73. The van der Waals surface area contributed by atoms with Crippen LogP contribution in [0.1, 0.15) is 41.6 Å². The molecule has 1 atom stereocenters. The van der Waals surface area contributed by atoms with Gasteiger partial charge in [0, 0.05) is 45.8 Å². The summed E-state index contributed by atoms with van der Waals surface area (Å²) in [6.45, 7) is 3.41. The summed E-state index contributed by atoms with van der Waals surface area (Å²) < 4.78 is 3.07. The van der Waals surface area contributed by atoms with Crippen molar-refractivity contribution in [2.75, 3.05) is 19.6 Å². The van der Waals surface area contributed by atoms with Crippen LogP contribution in [0.25, 0.3) is 17.0 Å². The topological polar surface area (TPSA) is 45.5 Å². The van der Waals surface area contributed by atoms with Crippen LogP contribution >= 0.6 is 15.9 Å². The van der Waals surface area contributed by atoms with Crippen molar-refractivity contribution in [1.82, 2.24) is 9.47 Å². The van der Waals surface area contributed by atoms with Gasteiger partial charge >= 0.3 is 0 Å². The molecule has 1 unspecified atom stereocenters. The van der Waals surface area contributed by atoms with Crippen molar-refractivity contribution in [3.63, 3.8) is 0 Å². The van der Waals surface area contributed by atoms with E-state index in [-0.39, 0.29) is 5.78 Å². The largest absolute Gasteiger partial charge is 0.390 e. The van der Waals surface area contributed by atoms with Gasteiger partial charge < -0.3 is 14.6 Å². The maximum absolute atomic E-state index is 12.5. The smallest absolute Gasteiger partial charge is 0.185 e. The van der Waals surface area contributed by atoms with E-state index in [9.17, 15) is 9.90 Å². The van der Waals surface area contributed by atoms with Gasteiger partial charge in [0.1, 0.15) is 0 Å². The van der Waals surface area contributed by atoms with E-state index in [4.69, 9.17) is 0 Å². The lowest BCUT2D eigenvalue weighted by molar-refractivity contribution is 0.101. The normalized spacial score (nSPS) is 16.6. The van der Waals surface area contributed by atoms with Gasteiger partial charge in [0.15, 0.2) is 5.78 Å². The average Bonchev–Trinajstić information content (AvgIpc) is 2.93. The van der Waals surface area contributed by atoms with Crippen molar-refractivity contribution in [3.05, 3.63) is 76.4 Å². The number of β-amino-alcohol motifs (C(OH)–C–C–N with tert-alkyl or cyclic N) is 1. The van der Waals surface area contributed by atoms with Gasteiger partial charge in [-0.05, 0) is 68.4 Å². The number of benzene rings is 2. The lowest BCUT2D eigenvalue weighted by Gasteiger charge is -2.23. The first-order valence-corrected chi connectivity index (χ1v) is 11.9. The number of aromatic nitrogens is 1. The zero-order valence-corrected chi connectivity index (χ0v) is 19.3. The molecule has 4 nitrogen and oxygen atoms in total. The van der Waals surface area contributed by atoms with Crippen LogP contribution in [0.4, 0.5) is 0 Å². The molecule has 4 rings (SSSR count). The summed E-state index contributed by atoms with van der Waals surface area (Å²) >= 11 is 3.40. The molecule has 0 radical (unpaired) electrons. The second-order valence-corrected chi connectivity index (χ2v) is 9.24. The van der Waals surface area contributed by atoms with Crippen molar-refractivity contribution >= 4 is 38.7 Å². The number of rotatable bonds is 7. The molecule has 0 aliphatic carbocycles. The number of halogens is 1. The van der Waals surface area contributed by atoms with Gasteiger partial charge in [-0.3, -0.25) is 4.79 Å². The Morgan fingerprint density at radius 3 is 2.45 bits per heavy atom. The Labute approximate surface area is 192 Å². The standard InChI is InChI=1S/C26H29BrN2O2/c27-22-12-9-20(10-13-22)26(31)14-11-21-17-29(25-8-4-3-7-24(21)25)19-23(30)18-28-15-5-1-2-6-16-28/h3-4,7-14,17,23,30H,1-2,5-6,15-16,18-19H2. The highest BCUT2D eigenvalue weighted by atomic mass is 79.9. The van der Waals surface area contributed by atoms with Crippen LogP contribution < -0.4 is 0 Å². The molecule has 1 aliphatic heterocycles. The number of hydrogen-bond donors (Lipinski definition) is 1. The van der Waals surface area contributed by atoms with Crippen molar-refractivity contribution in [3.8, 4) is 0 Å². The van der Waals surface area contributed by atoms with Gasteiger partial charge in [-0.2, -0.15) is 0 Å². The zero-order chi connectivity index (χ0) is 21.6. The van der Waals surface area contributed by atoms with Gasteiger partial charge in [-0.25, -0.2) is 0 Å². The number of carbonyl (C=O) groups excluding carboxylic acids is 1. The summed E-state index contributed by atoms with van der Waals surface area (Å²) in [5.41, 5.74) is 2.73. The molecule has 1 N–H and O–H groups in total. The zero-order valence-electron chi connectivity index (χ0n) is 17.7. The molecule has 2 heterocycles. The Bertz CT molecular complexity index is 1050. The van der Waals surface area contributed by atoms with Crippen LogP contribution in [0.15, 0.2) is 65.3 Å². The number of carbonyl (C=O) groups is 1. The van der Waals surface area contributed by atoms with E-state index < -0.39 is 6.10 Å². The molecule has 0 amide bonds. The predicted molar refractivity (Wildman–Crippen MR) is 130 cm³/mol. The van der Waals surface area contributed by atoms with E-state index >= 15 is 0 Å². The maximum Gasteiger partial charge on any atom is 0.185 e. The van der Waals surface area contributed by atoms with E-state index in [0.717, 1.165) is 34.0 Å². The predicted octanol–water partition coefficient (Wildman–Crippen LogP) is 5.54. The second kappa shape index (κ2) is 10.4. The van der Waals surface area contributed by atoms with Gasteiger partial charge in [-0.15, -0.1) is 0 Å². The maximum atomic E-state index is 12.5. The first-order valence-electron chi connectivity index (χ1n) is 11.1. The van der Waals surface area contributed by atoms with Crippen LogP contribution in [0.5, 0.6) is 0 Å². The number of aliphatic hydroxyl groups excluding tert-OH is 1. The average molecular weight is 481 g/mol. The molecule has 3 aromatic rings. The molecule has 0 bridgehead atoms. The first kappa shape index (κ1) is 22.0. The molecule has 162 valence electrons. The van der Waals surface area contributed by atoms with E-state index in [1.165, 1.54) is 25.7 Å². The molecule has 2 aromatic carbocycles. The number of allylic oxidation sites excluding steroid dienone is 1. The van der Waals surface area contributed by atoms with Crippen LogP contribution in [-0.4, -0.2) is 46.1 Å². The Balaban J connectivity index is 1.50. The molecule has 1 aliphatic rings. The molecule has 0 saturated carbocycles. The third-order valence-corrected chi connectivity index (χ3v) is 6.47. The summed E-state index contributed by atoms with van der Waals surface area (Å²) in [4.78, 5) is 14.9. The summed E-state index contributed by atoms with van der Waals surface area (Å²) in [5.74, 6) is -0.0227. The molecular weight excluding hydrogens is 452 g/mol. The minimum absolute atomic E-state index is 0.0227. The van der Waals surface area contributed by atoms with Gasteiger partial charge in [0.05, 0.1) is 6.10 Å². The number of likely N-dealkylation sites (tertiary alicyclic amines) is 1. The van der Waals surface area contributed by atoms with E-state index in [1.54, 1.807) is 6.08 Å². The summed E-state index contributed by atoms with van der Waals surface area (Å²) in [6.07, 6.45) is 10.2.